The Balaban J connectivity index is 1.41. The molecular weight excluding hydrogens is 360 g/mol. The fourth-order valence-electron chi connectivity index (χ4n) is 3.17. The molecule has 0 aliphatic heterocycles. The summed E-state index contributed by atoms with van der Waals surface area (Å²) < 4.78 is 1.77. The summed E-state index contributed by atoms with van der Waals surface area (Å²) >= 11 is 5.92. The van der Waals surface area contributed by atoms with Crippen molar-refractivity contribution in [3.8, 4) is 5.69 Å². The van der Waals surface area contributed by atoms with Crippen LogP contribution in [0.1, 0.15) is 16.8 Å². The highest BCUT2D eigenvalue weighted by atomic mass is 35.5. The number of aryl methyl sites for hydroxylation is 1. The van der Waals surface area contributed by atoms with E-state index in [-0.39, 0.29) is 5.91 Å². The molecular formula is C21H19ClN4O. The van der Waals surface area contributed by atoms with Gasteiger partial charge in [-0.25, -0.2) is 4.68 Å². The van der Waals surface area contributed by atoms with Gasteiger partial charge in [0.05, 0.1) is 18.3 Å². The Bertz CT molecular complexity index is 1100. The topological polar surface area (TPSA) is 62.7 Å². The van der Waals surface area contributed by atoms with Crippen LogP contribution in [0.3, 0.4) is 0 Å². The zero-order valence-corrected chi connectivity index (χ0v) is 15.6. The number of rotatable bonds is 5. The molecule has 1 amide bonds. The van der Waals surface area contributed by atoms with Crippen molar-refractivity contribution >= 4 is 28.4 Å². The first-order chi connectivity index (χ1) is 13.1. The largest absolute Gasteiger partial charge is 0.358 e. The molecule has 136 valence electrons. The molecule has 4 aromatic rings. The molecule has 27 heavy (non-hydrogen) atoms. The second-order valence-corrected chi connectivity index (χ2v) is 6.93. The van der Waals surface area contributed by atoms with Crippen LogP contribution in [-0.4, -0.2) is 20.7 Å². The summed E-state index contributed by atoms with van der Waals surface area (Å²) in [4.78, 5) is 15.8. The van der Waals surface area contributed by atoms with E-state index in [1.165, 1.54) is 0 Å². The van der Waals surface area contributed by atoms with Crippen LogP contribution in [0.4, 0.5) is 0 Å². The quantitative estimate of drug-likeness (QED) is 0.547. The van der Waals surface area contributed by atoms with Gasteiger partial charge in [-0.3, -0.25) is 4.79 Å². The lowest BCUT2D eigenvalue weighted by Crippen LogP contribution is -2.24. The molecule has 0 radical (unpaired) electrons. The average Bonchev–Trinajstić information content (AvgIpc) is 3.26. The summed E-state index contributed by atoms with van der Waals surface area (Å²) in [6.45, 7) is 2.44. The predicted octanol–water partition coefficient (Wildman–Crippen LogP) is 4.17. The van der Waals surface area contributed by atoms with Gasteiger partial charge in [0.25, 0.3) is 0 Å². The number of benzene rings is 2. The van der Waals surface area contributed by atoms with Crippen molar-refractivity contribution in [2.45, 2.75) is 19.9 Å². The number of para-hydroxylation sites is 1. The number of carbonyl (C=O) groups excluding carboxylic acids is 1. The third-order valence-electron chi connectivity index (χ3n) is 4.58. The lowest BCUT2D eigenvalue weighted by Gasteiger charge is -2.04. The summed E-state index contributed by atoms with van der Waals surface area (Å²) in [5.74, 6) is -0.0119. The molecule has 0 saturated carbocycles. The molecule has 5 nitrogen and oxygen atoms in total. The molecule has 0 aliphatic carbocycles. The van der Waals surface area contributed by atoms with Crippen molar-refractivity contribution in [3.63, 3.8) is 0 Å². The lowest BCUT2D eigenvalue weighted by molar-refractivity contribution is -0.120. The average molecular weight is 379 g/mol. The van der Waals surface area contributed by atoms with E-state index in [9.17, 15) is 4.79 Å². The van der Waals surface area contributed by atoms with Crippen LogP contribution in [0.2, 0.25) is 5.02 Å². The maximum absolute atomic E-state index is 12.4. The normalized spacial score (nSPS) is 11.0. The third-order valence-corrected chi connectivity index (χ3v) is 4.83. The van der Waals surface area contributed by atoms with Gasteiger partial charge in [0, 0.05) is 39.9 Å². The number of aromatic amines is 1. The molecule has 0 fully saturated rings. The van der Waals surface area contributed by atoms with Crippen LogP contribution in [0.25, 0.3) is 16.6 Å². The first-order valence-electron chi connectivity index (χ1n) is 8.72. The van der Waals surface area contributed by atoms with E-state index in [4.69, 9.17) is 11.6 Å². The fraction of sp³-hybridized carbons (Fsp3) is 0.143. The van der Waals surface area contributed by atoms with Crippen molar-refractivity contribution in [2.75, 3.05) is 0 Å². The highest BCUT2D eigenvalue weighted by molar-refractivity contribution is 6.30. The van der Waals surface area contributed by atoms with E-state index in [0.29, 0.717) is 18.0 Å². The molecule has 2 aromatic heterocycles. The van der Waals surface area contributed by atoms with Crippen LogP contribution in [0.15, 0.2) is 60.9 Å². The van der Waals surface area contributed by atoms with Crippen molar-refractivity contribution < 1.29 is 4.79 Å². The molecule has 0 bridgehead atoms. The van der Waals surface area contributed by atoms with Crippen LogP contribution in [-0.2, 0) is 17.8 Å². The lowest BCUT2D eigenvalue weighted by atomic mass is 10.1. The number of nitrogens with one attached hydrogen (secondary N) is 2. The smallest absolute Gasteiger partial charge is 0.224 e. The monoisotopic (exact) mass is 378 g/mol. The Hall–Kier alpha value is -3.05. The number of hydrogen-bond donors (Lipinski definition) is 2. The van der Waals surface area contributed by atoms with Crippen molar-refractivity contribution in [3.05, 3.63) is 82.8 Å². The molecule has 0 atom stereocenters. The van der Waals surface area contributed by atoms with E-state index in [2.05, 4.69) is 15.4 Å². The number of halogens is 1. The van der Waals surface area contributed by atoms with Gasteiger partial charge in [-0.2, -0.15) is 5.10 Å². The minimum atomic E-state index is -0.0119. The van der Waals surface area contributed by atoms with Crippen LogP contribution in [0.5, 0.6) is 0 Å². The van der Waals surface area contributed by atoms with E-state index >= 15 is 0 Å². The second-order valence-electron chi connectivity index (χ2n) is 6.50. The highest BCUT2D eigenvalue weighted by Crippen LogP contribution is 2.22. The van der Waals surface area contributed by atoms with Crippen LogP contribution >= 0.6 is 11.6 Å². The van der Waals surface area contributed by atoms with E-state index in [0.717, 1.165) is 33.4 Å². The number of hydrogen-bond acceptors (Lipinski definition) is 2. The highest BCUT2D eigenvalue weighted by Gasteiger charge is 2.12. The zero-order chi connectivity index (χ0) is 18.8. The number of carbonyl (C=O) groups is 1. The van der Waals surface area contributed by atoms with E-state index in [1.807, 2.05) is 61.7 Å². The summed E-state index contributed by atoms with van der Waals surface area (Å²) in [7, 11) is 0. The van der Waals surface area contributed by atoms with E-state index in [1.54, 1.807) is 10.9 Å². The van der Waals surface area contributed by atoms with Gasteiger partial charge in [-0.15, -0.1) is 0 Å². The molecule has 0 unspecified atom stereocenters. The van der Waals surface area contributed by atoms with Crippen molar-refractivity contribution in [1.82, 2.24) is 20.1 Å². The Morgan fingerprint density at radius 3 is 2.78 bits per heavy atom. The summed E-state index contributed by atoms with van der Waals surface area (Å²) in [5, 5.41) is 9.10. The zero-order valence-electron chi connectivity index (χ0n) is 14.9. The molecule has 2 heterocycles. The molecule has 0 saturated heterocycles. The van der Waals surface area contributed by atoms with E-state index < -0.39 is 0 Å². The standard InChI is InChI=1S/C21H19ClN4O/c1-14-19(18-4-2-3-5-20(18)25-14)10-21(27)23-11-15-12-24-26(13-15)17-8-6-16(22)7-9-17/h2-9,12-13,25H,10-11H2,1H3,(H,23,27). The van der Waals surface area contributed by atoms with Crippen molar-refractivity contribution in [1.29, 1.82) is 0 Å². The molecule has 6 heteroatoms. The molecule has 0 spiro atoms. The number of fused-ring (bicyclic) bond motifs is 1. The second kappa shape index (κ2) is 7.29. The van der Waals surface area contributed by atoms with Gasteiger partial charge in [0.15, 0.2) is 0 Å². The Morgan fingerprint density at radius 1 is 1.19 bits per heavy atom. The minimum Gasteiger partial charge on any atom is -0.358 e. The van der Waals surface area contributed by atoms with Gasteiger partial charge in [0.1, 0.15) is 0 Å². The first-order valence-corrected chi connectivity index (χ1v) is 9.10. The predicted molar refractivity (Wildman–Crippen MR) is 107 cm³/mol. The number of H-pyrrole nitrogens is 1. The van der Waals surface area contributed by atoms with Gasteiger partial charge in [0.2, 0.25) is 5.91 Å². The minimum absolute atomic E-state index is 0.0119. The maximum Gasteiger partial charge on any atom is 0.224 e. The summed E-state index contributed by atoms with van der Waals surface area (Å²) in [6, 6.07) is 15.5. The molecule has 2 aromatic carbocycles. The molecule has 2 N–H and O–H groups in total. The number of aromatic nitrogens is 3. The molecule has 0 aliphatic rings. The van der Waals surface area contributed by atoms with Gasteiger partial charge in [-0.1, -0.05) is 29.8 Å². The van der Waals surface area contributed by atoms with Gasteiger partial charge >= 0.3 is 0 Å². The van der Waals surface area contributed by atoms with Gasteiger partial charge < -0.3 is 10.3 Å². The molecule has 4 rings (SSSR count). The first kappa shape index (κ1) is 17.4. The van der Waals surface area contributed by atoms with Crippen molar-refractivity contribution in [2.24, 2.45) is 0 Å². The SMILES string of the molecule is Cc1[nH]c2ccccc2c1CC(=O)NCc1cnn(-c2ccc(Cl)cc2)c1. The maximum atomic E-state index is 12.4. The van der Waals surface area contributed by atoms with Gasteiger partial charge in [-0.05, 0) is 42.8 Å². The Kier molecular flexibility index (Phi) is 4.69. The summed E-state index contributed by atoms with van der Waals surface area (Å²) in [6.07, 6.45) is 4.01. The Labute approximate surface area is 162 Å². The van der Waals surface area contributed by atoms with Crippen LogP contribution in [0, 0.1) is 6.92 Å². The third kappa shape index (κ3) is 3.73. The number of nitrogens with zero attached hydrogens (tertiary/aromatic N) is 2. The fourth-order valence-corrected chi connectivity index (χ4v) is 3.30. The van der Waals surface area contributed by atoms with Crippen LogP contribution < -0.4 is 5.32 Å². The summed E-state index contributed by atoms with van der Waals surface area (Å²) in [5.41, 5.74) is 4.99. The number of amides is 1. The Morgan fingerprint density at radius 2 is 1.96 bits per heavy atom.